The Morgan fingerprint density at radius 3 is 3.00 bits per heavy atom. The summed E-state index contributed by atoms with van der Waals surface area (Å²) in [5, 5.41) is 12.6. The molecule has 0 radical (unpaired) electrons. The summed E-state index contributed by atoms with van der Waals surface area (Å²) in [6.45, 7) is 0.788. The first-order valence-corrected chi connectivity index (χ1v) is 5.78. The highest BCUT2D eigenvalue weighted by atomic mass is 16.5. The fraction of sp³-hybridized carbons (Fsp3) is 0.636. The van der Waals surface area contributed by atoms with E-state index in [0.717, 1.165) is 25.8 Å². The summed E-state index contributed by atoms with van der Waals surface area (Å²) in [6.07, 6.45) is 2.64. The van der Waals surface area contributed by atoms with E-state index in [9.17, 15) is 5.11 Å². The zero-order valence-corrected chi connectivity index (χ0v) is 9.89. The summed E-state index contributed by atoms with van der Waals surface area (Å²) >= 11 is 0. The molecule has 94 valence electrons. The molecule has 0 aliphatic heterocycles. The number of nitrogens with zero attached hydrogens (tertiary/aromatic N) is 2. The van der Waals surface area contributed by atoms with Crippen LogP contribution < -0.4 is 15.8 Å². The van der Waals surface area contributed by atoms with Crippen LogP contribution in [-0.4, -0.2) is 34.8 Å². The molecular weight excluding hydrogens is 220 g/mol. The van der Waals surface area contributed by atoms with Crippen molar-refractivity contribution in [3.05, 3.63) is 6.07 Å². The van der Waals surface area contributed by atoms with E-state index in [0.29, 0.717) is 17.6 Å². The number of anilines is 2. The smallest absolute Gasteiger partial charge is 0.225 e. The molecule has 1 aliphatic carbocycles. The maximum Gasteiger partial charge on any atom is 0.225 e. The predicted molar refractivity (Wildman–Crippen MR) is 64.8 cm³/mol. The second-order valence-electron chi connectivity index (χ2n) is 4.37. The van der Waals surface area contributed by atoms with Crippen molar-refractivity contribution in [1.82, 2.24) is 9.97 Å². The molecule has 1 fully saturated rings. The summed E-state index contributed by atoms with van der Waals surface area (Å²) in [5.74, 6) is 1.80. The Morgan fingerprint density at radius 2 is 2.35 bits per heavy atom. The van der Waals surface area contributed by atoms with Gasteiger partial charge in [0.2, 0.25) is 11.8 Å². The van der Waals surface area contributed by atoms with Crippen LogP contribution in [0, 0.1) is 5.92 Å². The van der Waals surface area contributed by atoms with Gasteiger partial charge in [-0.05, 0) is 25.2 Å². The van der Waals surface area contributed by atoms with Crippen LogP contribution in [0.25, 0.3) is 0 Å². The summed E-state index contributed by atoms with van der Waals surface area (Å²) in [6, 6.07) is 1.71. The van der Waals surface area contributed by atoms with Gasteiger partial charge in [-0.15, -0.1) is 0 Å². The van der Waals surface area contributed by atoms with Crippen LogP contribution in [0.1, 0.15) is 19.3 Å². The first kappa shape index (κ1) is 11.9. The molecule has 1 heterocycles. The van der Waals surface area contributed by atoms with Crippen LogP contribution in [0.2, 0.25) is 0 Å². The molecule has 0 bridgehead atoms. The largest absolute Gasteiger partial charge is 0.481 e. The number of methoxy groups -OCH3 is 1. The average Bonchev–Trinajstić information content (AvgIpc) is 2.72. The lowest BCUT2D eigenvalue weighted by Crippen LogP contribution is -2.14. The molecule has 0 saturated heterocycles. The van der Waals surface area contributed by atoms with Crippen molar-refractivity contribution >= 4 is 11.8 Å². The van der Waals surface area contributed by atoms with Crippen LogP contribution in [0.3, 0.4) is 0 Å². The van der Waals surface area contributed by atoms with Gasteiger partial charge in [-0.3, -0.25) is 0 Å². The number of nitrogens with two attached hydrogens (primary N) is 1. The molecule has 17 heavy (non-hydrogen) atoms. The third-order valence-electron chi connectivity index (χ3n) is 3.01. The highest BCUT2D eigenvalue weighted by molar-refractivity contribution is 5.42. The minimum absolute atomic E-state index is 0.146. The van der Waals surface area contributed by atoms with E-state index >= 15 is 0 Å². The standard InChI is InChI=1S/C11H18N4O2/c1-17-10-5-9(14-11(12)15-10)13-6-7-2-3-8(16)4-7/h5,7-8,16H,2-4,6H2,1H3,(H3,12,13,14,15). The van der Waals surface area contributed by atoms with E-state index in [4.69, 9.17) is 10.5 Å². The van der Waals surface area contributed by atoms with Gasteiger partial charge in [-0.2, -0.15) is 9.97 Å². The Morgan fingerprint density at radius 1 is 1.53 bits per heavy atom. The summed E-state index contributed by atoms with van der Waals surface area (Å²) < 4.78 is 5.01. The number of rotatable bonds is 4. The van der Waals surface area contributed by atoms with Gasteiger partial charge in [0.25, 0.3) is 0 Å². The Bertz CT molecular complexity index is 386. The SMILES string of the molecule is COc1cc(NCC2CCC(O)C2)nc(N)n1. The minimum atomic E-state index is -0.146. The molecule has 0 spiro atoms. The maximum atomic E-state index is 9.43. The molecule has 6 nitrogen and oxygen atoms in total. The van der Waals surface area contributed by atoms with Crippen molar-refractivity contribution in [3.8, 4) is 5.88 Å². The molecule has 0 amide bonds. The Balaban J connectivity index is 1.92. The lowest BCUT2D eigenvalue weighted by molar-refractivity contribution is 0.178. The first-order valence-electron chi connectivity index (χ1n) is 5.78. The molecule has 1 aliphatic rings. The van der Waals surface area contributed by atoms with Crippen molar-refractivity contribution in [2.75, 3.05) is 24.7 Å². The Hall–Kier alpha value is -1.56. The summed E-state index contributed by atoms with van der Waals surface area (Å²) in [7, 11) is 1.54. The number of hydrogen-bond acceptors (Lipinski definition) is 6. The molecule has 2 unspecified atom stereocenters. The fourth-order valence-electron chi connectivity index (χ4n) is 2.12. The monoisotopic (exact) mass is 238 g/mol. The van der Waals surface area contributed by atoms with Crippen molar-refractivity contribution in [2.45, 2.75) is 25.4 Å². The van der Waals surface area contributed by atoms with E-state index in [2.05, 4.69) is 15.3 Å². The van der Waals surface area contributed by atoms with E-state index < -0.39 is 0 Å². The van der Waals surface area contributed by atoms with Crippen molar-refractivity contribution in [3.63, 3.8) is 0 Å². The number of ether oxygens (including phenoxy) is 1. The molecule has 1 saturated carbocycles. The number of nitrogen functional groups attached to an aromatic ring is 1. The zero-order chi connectivity index (χ0) is 12.3. The summed E-state index contributed by atoms with van der Waals surface area (Å²) in [5.41, 5.74) is 5.56. The normalized spacial score (nSPS) is 23.6. The lowest BCUT2D eigenvalue weighted by atomic mass is 10.1. The van der Waals surface area contributed by atoms with Gasteiger partial charge in [0.05, 0.1) is 13.2 Å². The Kier molecular flexibility index (Phi) is 3.63. The van der Waals surface area contributed by atoms with E-state index in [-0.39, 0.29) is 12.1 Å². The highest BCUT2D eigenvalue weighted by Crippen LogP contribution is 2.25. The predicted octanol–water partition coefficient (Wildman–Crippen LogP) is 0.640. The number of aliphatic hydroxyl groups is 1. The molecule has 4 N–H and O–H groups in total. The van der Waals surface area contributed by atoms with Crippen LogP contribution >= 0.6 is 0 Å². The average molecular weight is 238 g/mol. The number of aromatic nitrogens is 2. The van der Waals surface area contributed by atoms with Crippen LogP contribution in [-0.2, 0) is 0 Å². The zero-order valence-electron chi connectivity index (χ0n) is 9.89. The first-order chi connectivity index (χ1) is 8.17. The van der Waals surface area contributed by atoms with Crippen molar-refractivity contribution < 1.29 is 9.84 Å². The second-order valence-corrected chi connectivity index (χ2v) is 4.37. The van der Waals surface area contributed by atoms with Gasteiger partial charge in [-0.1, -0.05) is 0 Å². The summed E-state index contributed by atoms with van der Waals surface area (Å²) in [4.78, 5) is 7.98. The Labute approximate surface area is 100 Å². The minimum Gasteiger partial charge on any atom is -0.481 e. The van der Waals surface area contributed by atoms with Crippen LogP contribution in [0.15, 0.2) is 6.07 Å². The second kappa shape index (κ2) is 5.18. The van der Waals surface area contributed by atoms with Gasteiger partial charge in [-0.25, -0.2) is 0 Å². The van der Waals surface area contributed by atoms with E-state index in [1.54, 1.807) is 13.2 Å². The molecular formula is C11H18N4O2. The third kappa shape index (κ3) is 3.20. The van der Waals surface area contributed by atoms with Gasteiger partial charge in [0.1, 0.15) is 5.82 Å². The number of nitrogens with one attached hydrogen (secondary N) is 1. The maximum absolute atomic E-state index is 9.43. The van der Waals surface area contributed by atoms with Gasteiger partial charge < -0.3 is 20.9 Å². The van der Waals surface area contributed by atoms with Crippen molar-refractivity contribution in [1.29, 1.82) is 0 Å². The fourth-order valence-corrected chi connectivity index (χ4v) is 2.12. The topological polar surface area (TPSA) is 93.3 Å². The number of hydrogen-bond donors (Lipinski definition) is 3. The molecule has 2 rings (SSSR count). The third-order valence-corrected chi connectivity index (χ3v) is 3.01. The van der Waals surface area contributed by atoms with Crippen LogP contribution in [0.4, 0.5) is 11.8 Å². The van der Waals surface area contributed by atoms with Crippen LogP contribution in [0.5, 0.6) is 5.88 Å². The lowest BCUT2D eigenvalue weighted by Gasteiger charge is -2.12. The quantitative estimate of drug-likeness (QED) is 0.712. The number of aliphatic hydroxyl groups excluding tert-OH is 1. The van der Waals surface area contributed by atoms with Crippen molar-refractivity contribution in [2.24, 2.45) is 5.92 Å². The highest BCUT2D eigenvalue weighted by Gasteiger charge is 2.22. The molecule has 2 atom stereocenters. The van der Waals surface area contributed by atoms with Gasteiger partial charge in [0, 0.05) is 12.6 Å². The van der Waals surface area contributed by atoms with E-state index in [1.807, 2.05) is 0 Å². The van der Waals surface area contributed by atoms with Gasteiger partial charge >= 0.3 is 0 Å². The molecule has 6 heteroatoms. The molecule has 0 aromatic carbocycles. The van der Waals surface area contributed by atoms with E-state index in [1.165, 1.54) is 0 Å². The van der Waals surface area contributed by atoms with Gasteiger partial charge in [0.15, 0.2) is 0 Å². The molecule has 1 aromatic rings. The molecule has 1 aromatic heterocycles.